The number of nitrogens with one attached hydrogen (secondary N) is 1. The highest BCUT2D eigenvalue weighted by Gasteiger charge is 2.53. The molecule has 0 bridgehead atoms. The van der Waals surface area contributed by atoms with Crippen molar-refractivity contribution in [3.63, 3.8) is 0 Å². The van der Waals surface area contributed by atoms with E-state index in [1.54, 1.807) is 7.11 Å². The number of hydrogen-bond acceptors (Lipinski definition) is 3. The van der Waals surface area contributed by atoms with E-state index in [0.717, 1.165) is 39.3 Å². The zero-order valence-corrected chi connectivity index (χ0v) is 19.9. The SMILES string of the molecule is COc1cc(Br)ccc1CC(=O)N1CCN(C(=O)c2cc3c(C)cccc3[nH]2)CC12CC2. The highest BCUT2D eigenvalue weighted by atomic mass is 79.9. The van der Waals surface area contributed by atoms with Crippen molar-refractivity contribution < 1.29 is 14.3 Å². The monoisotopic (exact) mass is 495 g/mol. The molecule has 2 heterocycles. The Morgan fingerprint density at radius 2 is 1.97 bits per heavy atom. The van der Waals surface area contributed by atoms with Gasteiger partial charge in [0.15, 0.2) is 0 Å². The first-order valence-corrected chi connectivity index (χ1v) is 11.7. The highest BCUT2D eigenvalue weighted by molar-refractivity contribution is 9.10. The van der Waals surface area contributed by atoms with Gasteiger partial charge in [-0.15, -0.1) is 0 Å². The molecule has 7 heteroatoms. The summed E-state index contributed by atoms with van der Waals surface area (Å²) in [5.41, 5.74) is 3.39. The Hall–Kier alpha value is -2.80. The van der Waals surface area contributed by atoms with Crippen molar-refractivity contribution in [2.45, 2.75) is 31.7 Å². The number of ether oxygens (including phenoxy) is 1. The second kappa shape index (κ2) is 7.96. The molecule has 1 N–H and O–H groups in total. The number of hydrogen-bond donors (Lipinski definition) is 1. The molecule has 5 rings (SSSR count). The normalized spacial score (nSPS) is 17.1. The number of aromatic amines is 1. The van der Waals surface area contributed by atoms with Crippen LogP contribution in [0.4, 0.5) is 0 Å². The van der Waals surface area contributed by atoms with Gasteiger partial charge in [0.05, 0.1) is 19.1 Å². The molecule has 1 saturated carbocycles. The Kier molecular flexibility index (Phi) is 5.24. The standard InChI is InChI=1S/C25H26BrN3O3/c1-16-4-3-5-20-19(16)14-21(27-20)24(31)28-10-11-29(25(15-28)8-9-25)23(30)12-17-6-7-18(26)13-22(17)32-2/h3-7,13-14,27H,8-12,15H2,1-2H3. The summed E-state index contributed by atoms with van der Waals surface area (Å²) in [6.07, 6.45) is 2.17. The number of rotatable bonds is 4. The number of amides is 2. The molecule has 1 aliphatic carbocycles. The van der Waals surface area contributed by atoms with Crippen molar-refractivity contribution in [1.29, 1.82) is 0 Å². The molecule has 32 heavy (non-hydrogen) atoms. The zero-order chi connectivity index (χ0) is 22.5. The Balaban J connectivity index is 1.31. The number of aromatic nitrogens is 1. The van der Waals surface area contributed by atoms with Crippen LogP contribution in [0, 0.1) is 6.92 Å². The topological polar surface area (TPSA) is 65.6 Å². The van der Waals surface area contributed by atoms with Gasteiger partial charge in [0.1, 0.15) is 11.4 Å². The Bertz CT molecular complexity index is 1210. The molecule has 0 atom stereocenters. The van der Waals surface area contributed by atoms with Crippen LogP contribution in [0.15, 0.2) is 46.9 Å². The van der Waals surface area contributed by atoms with Crippen LogP contribution in [0.1, 0.15) is 34.5 Å². The number of piperazine rings is 1. The number of fused-ring (bicyclic) bond motifs is 1. The van der Waals surface area contributed by atoms with Crippen LogP contribution >= 0.6 is 15.9 Å². The minimum Gasteiger partial charge on any atom is -0.496 e. The van der Waals surface area contributed by atoms with Gasteiger partial charge >= 0.3 is 0 Å². The number of H-pyrrole nitrogens is 1. The highest BCUT2D eigenvalue weighted by Crippen LogP contribution is 2.45. The van der Waals surface area contributed by atoms with Crippen molar-refractivity contribution >= 4 is 38.6 Å². The Morgan fingerprint density at radius 3 is 2.69 bits per heavy atom. The summed E-state index contributed by atoms with van der Waals surface area (Å²) in [4.78, 5) is 33.6. The first-order chi connectivity index (χ1) is 15.4. The van der Waals surface area contributed by atoms with Gasteiger partial charge in [-0.1, -0.05) is 34.1 Å². The summed E-state index contributed by atoms with van der Waals surface area (Å²) in [5.74, 6) is 0.811. The molecule has 1 aliphatic heterocycles. The van der Waals surface area contributed by atoms with Gasteiger partial charge in [-0.2, -0.15) is 0 Å². The molecule has 6 nitrogen and oxygen atoms in total. The zero-order valence-electron chi connectivity index (χ0n) is 18.3. The third-order valence-electron chi connectivity index (χ3n) is 6.77. The summed E-state index contributed by atoms with van der Waals surface area (Å²) >= 11 is 3.45. The maximum absolute atomic E-state index is 13.2. The molecule has 0 radical (unpaired) electrons. The lowest BCUT2D eigenvalue weighted by Crippen LogP contribution is -2.58. The van der Waals surface area contributed by atoms with Gasteiger partial charge in [0, 0.05) is 40.6 Å². The molecule has 3 aromatic rings. The molecular formula is C25H26BrN3O3. The predicted molar refractivity (Wildman–Crippen MR) is 127 cm³/mol. The molecule has 2 aromatic carbocycles. The summed E-state index contributed by atoms with van der Waals surface area (Å²) in [7, 11) is 1.62. The van der Waals surface area contributed by atoms with E-state index in [-0.39, 0.29) is 17.4 Å². The van der Waals surface area contributed by atoms with E-state index < -0.39 is 0 Å². The van der Waals surface area contributed by atoms with E-state index in [1.807, 2.05) is 46.2 Å². The second-order valence-electron chi connectivity index (χ2n) is 8.85. The van der Waals surface area contributed by atoms with Crippen LogP contribution in [-0.2, 0) is 11.2 Å². The van der Waals surface area contributed by atoms with E-state index in [2.05, 4.69) is 33.9 Å². The summed E-state index contributed by atoms with van der Waals surface area (Å²) < 4.78 is 6.38. The quantitative estimate of drug-likeness (QED) is 0.586. The molecule has 2 amide bonds. The summed E-state index contributed by atoms with van der Waals surface area (Å²) in [5, 5.41) is 1.08. The lowest BCUT2D eigenvalue weighted by molar-refractivity contribution is -0.136. The van der Waals surface area contributed by atoms with Crippen LogP contribution in [0.2, 0.25) is 0 Å². The Labute approximate surface area is 195 Å². The number of carbonyl (C=O) groups excluding carboxylic acids is 2. The van der Waals surface area contributed by atoms with E-state index in [4.69, 9.17) is 4.74 Å². The van der Waals surface area contributed by atoms with Gasteiger partial charge in [-0.05, 0) is 49.6 Å². The molecular weight excluding hydrogens is 470 g/mol. The number of methoxy groups -OCH3 is 1. The lowest BCUT2D eigenvalue weighted by Gasteiger charge is -2.42. The fraction of sp³-hybridized carbons (Fsp3) is 0.360. The van der Waals surface area contributed by atoms with Gasteiger partial charge in [0.2, 0.25) is 5.91 Å². The van der Waals surface area contributed by atoms with Crippen LogP contribution in [0.25, 0.3) is 10.9 Å². The maximum atomic E-state index is 13.2. The van der Waals surface area contributed by atoms with Crippen LogP contribution in [-0.4, -0.2) is 58.9 Å². The van der Waals surface area contributed by atoms with Crippen molar-refractivity contribution in [1.82, 2.24) is 14.8 Å². The van der Waals surface area contributed by atoms with Gasteiger partial charge in [-0.25, -0.2) is 0 Å². The molecule has 2 aliphatic rings. The van der Waals surface area contributed by atoms with Gasteiger partial charge < -0.3 is 19.5 Å². The van der Waals surface area contributed by atoms with Crippen molar-refractivity contribution in [3.05, 3.63) is 63.8 Å². The molecule has 1 saturated heterocycles. The number of nitrogens with zero attached hydrogens (tertiary/aromatic N) is 2. The van der Waals surface area contributed by atoms with Crippen LogP contribution in [0.3, 0.4) is 0 Å². The average molecular weight is 496 g/mol. The molecule has 1 spiro atoms. The number of benzene rings is 2. The molecule has 1 aromatic heterocycles. The molecule has 2 fully saturated rings. The van der Waals surface area contributed by atoms with E-state index in [0.29, 0.717) is 37.5 Å². The van der Waals surface area contributed by atoms with E-state index >= 15 is 0 Å². The van der Waals surface area contributed by atoms with E-state index in [9.17, 15) is 9.59 Å². The fourth-order valence-electron chi connectivity index (χ4n) is 4.83. The lowest BCUT2D eigenvalue weighted by atomic mass is 10.1. The first-order valence-electron chi connectivity index (χ1n) is 10.9. The summed E-state index contributed by atoms with van der Waals surface area (Å²) in [6.45, 7) is 3.73. The summed E-state index contributed by atoms with van der Waals surface area (Å²) in [6, 6.07) is 13.7. The van der Waals surface area contributed by atoms with Gasteiger partial charge in [-0.3, -0.25) is 9.59 Å². The van der Waals surface area contributed by atoms with Gasteiger partial charge in [0.25, 0.3) is 5.91 Å². The average Bonchev–Trinajstić information content (AvgIpc) is 3.39. The minimum atomic E-state index is -0.227. The number of aryl methyl sites for hydroxylation is 1. The number of carbonyl (C=O) groups is 2. The van der Waals surface area contributed by atoms with Crippen LogP contribution in [0.5, 0.6) is 5.75 Å². The maximum Gasteiger partial charge on any atom is 0.270 e. The number of halogens is 1. The molecule has 0 unspecified atom stereocenters. The minimum absolute atomic E-state index is 0.00792. The largest absolute Gasteiger partial charge is 0.496 e. The van der Waals surface area contributed by atoms with Crippen molar-refractivity contribution in [2.24, 2.45) is 0 Å². The van der Waals surface area contributed by atoms with Crippen molar-refractivity contribution in [3.8, 4) is 5.75 Å². The second-order valence-corrected chi connectivity index (χ2v) is 9.76. The van der Waals surface area contributed by atoms with Crippen LogP contribution < -0.4 is 4.74 Å². The van der Waals surface area contributed by atoms with Crippen molar-refractivity contribution in [2.75, 3.05) is 26.7 Å². The first kappa shape index (κ1) is 21.1. The fourth-order valence-corrected chi connectivity index (χ4v) is 5.17. The predicted octanol–water partition coefficient (Wildman–Crippen LogP) is 4.31. The van der Waals surface area contributed by atoms with E-state index in [1.165, 1.54) is 0 Å². The third kappa shape index (κ3) is 3.68. The molecule has 166 valence electrons. The Morgan fingerprint density at radius 1 is 1.16 bits per heavy atom. The smallest absolute Gasteiger partial charge is 0.270 e. The third-order valence-corrected chi connectivity index (χ3v) is 7.26.